The van der Waals surface area contributed by atoms with Crippen molar-refractivity contribution < 1.29 is 14.3 Å². The summed E-state index contributed by atoms with van der Waals surface area (Å²) in [5, 5.41) is 5.07. The van der Waals surface area contributed by atoms with Crippen LogP contribution in [-0.4, -0.2) is 18.9 Å². The van der Waals surface area contributed by atoms with Crippen LogP contribution in [0.4, 0.5) is 0 Å². The van der Waals surface area contributed by atoms with E-state index in [0.29, 0.717) is 16.4 Å². The Morgan fingerprint density at radius 2 is 2.09 bits per heavy atom. The van der Waals surface area contributed by atoms with E-state index in [1.54, 1.807) is 6.21 Å². The fourth-order valence-electron chi connectivity index (χ4n) is 2.36. The molecule has 23 heavy (non-hydrogen) atoms. The zero-order chi connectivity index (χ0) is 15.6. The van der Waals surface area contributed by atoms with Crippen LogP contribution in [-0.2, 0) is 0 Å². The lowest BCUT2D eigenvalue weighted by Gasteiger charge is -2.00. The molecule has 3 aromatic rings. The standard InChI is InChI=1S/C17H12N2O3S/c20-17(15-8-11-4-1-2-7-14(11)23-15)19-18-9-12-5-3-6-13-16(12)22-10-21-13/h1-9H,10H2,(H,19,20). The van der Waals surface area contributed by atoms with E-state index < -0.39 is 0 Å². The Hall–Kier alpha value is -2.86. The van der Waals surface area contributed by atoms with Crippen molar-refractivity contribution in [1.29, 1.82) is 0 Å². The highest BCUT2D eigenvalue weighted by Crippen LogP contribution is 2.34. The van der Waals surface area contributed by atoms with Crippen LogP contribution < -0.4 is 14.9 Å². The maximum Gasteiger partial charge on any atom is 0.281 e. The molecule has 6 heteroatoms. The molecule has 0 fully saturated rings. The number of carbonyl (C=O) groups is 1. The minimum Gasteiger partial charge on any atom is -0.454 e. The third-order valence-electron chi connectivity index (χ3n) is 3.45. The summed E-state index contributed by atoms with van der Waals surface area (Å²) in [6, 6.07) is 15.3. The lowest BCUT2D eigenvalue weighted by atomic mass is 10.2. The van der Waals surface area contributed by atoms with Crippen molar-refractivity contribution in [3.05, 3.63) is 59.0 Å². The van der Waals surface area contributed by atoms with Crippen molar-refractivity contribution >= 4 is 33.5 Å². The number of hydrogen-bond acceptors (Lipinski definition) is 5. The predicted octanol–water partition coefficient (Wildman–Crippen LogP) is 3.39. The molecular weight excluding hydrogens is 312 g/mol. The van der Waals surface area contributed by atoms with E-state index in [0.717, 1.165) is 15.6 Å². The van der Waals surface area contributed by atoms with Gasteiger partial charge < -0.3 is 9.47 Å². The molecule has 2 heterocycles. The zero-order valence-corrected chi connectivity index (χ0v) is 12.8. The average molecular weight is 324 g/mol. The Morgan fingerprint density at radius 3 is 3.00 bits per heavy atom. The van der Waals surface area contributed by atoms with E-state index in [9.17, 15) is 4.79 Å². The van der Waals surface area contributed by atoms with Gasteiger partial charge in [-0.25, -0.2) is 5.43 Å². The van der Waals surface area contributed by atoms with Crippen LogP contribution in [0.2, 0.25) is 0 Å². The number of benzene rings is 2. The van der Waals surface area contributed by atoms with Gasteiger partial charge in [0.25, 0.3) is 5.91 Å². The minimum absolute atomic E-state index is 0.203. The van der Waals surface area contributed by atoms with Gasteiger partial charge >= 0.3 is 0 Å². The second kappa shape index (κ2) is 5.73. The molecule has 2 aromatic carbocycles. The van der Waals surface area contributed by atoms with Crippen molar-refractivity contribution in [3.8, 4) is 11.5 Å². The quantitative estimate of drug-likeness (QED) is 0.593. The molecule has 5 nitrogen and oxygen atoms in total. The Morgan fingerprint density at radius 1 is 1.17 bits per heavy atom. The number of amides is 1. The third-order valence-corrected chi connectivity index (χ3v) is 4.56. The first-order valence-corrected chi connectivity index (χ1v) is 7.83. The van der Waals surface area contributed by atoms with Crippen LogP contribution in [0.25, 0.3) is 10.1 Å². The van der Waals surface area contributed by atoms with Gasteiger partial charge in [-0.05, 0) is 29.7 Å². The number of para-hydroxylation sites is 1. The second-order valence-corrected chi connectivity index (χ2v) is 6.01. The van der Waals surface area contributed by atoms with E-state index in [4.69, 9.17) is 9.47 Å². The number of fused-ring (bicyclic) bond motifs is 2. The summed E-state index contributed by atoms with van der Waals surface area (Å²) in [5.41, 5.74) is 3.30. The predicted molar refractivity (Wildman–Crippen MR) is 89.5 cm³/mol. The summed E-state index contributed by atoms with van der Waals surface area (Å²) >= 11 is 1.44. The second-order valence-electron chi connectivity index (χ2n) is 4.93. The van der Waals surface area contributed by atoms with E-state index in [2.05, 4.69) is 10.5 Å². The molecule has 0 saturated heterocycles. The van der Waals surface area contributed by atoms with Crippen molar-refractivity contribution in [1.82, 2.24) is 5.43 Å². The van der Waals surface area contributed by atoms with Crippen molar-refractivity contribution in [2.75, 3.05) is 6.79 Å². The van der Waals surface area contributed by atoms with Gasteiger partial charge in [0, 0.05) is 10.3 Å². The number of carbonyl (C=O) groups excluding carboxylic acids is 1. The fourth-order valence-corrected chi connectivity index (χ4v) is 3.32. The van der Waals surface area contributed by atoms with Gasteiger partial charge in [0.1, 0.15) is 0 Å². The Bertz CT molecular complexity index is 884. The molecule has 0 unspecified atom stereocenters. The van der Waals surface area contributed by atoms with E-state index in [-0.39, 0.29) is 12.7 Å². The summed E-state index contributed by atoms with van der Waals surface area (Å²) in [6.45, 7) is 0.203. The van der Waals surface area contributed by atoms with Gasteiger partial charge in [0.15, 0.2) is 11.5 Å². The number of nitrogens with one attached hydrogen (secondary N) is 1. The lowest BCUT2D eigenvalue weighted by Crippen LogP contribution is -2.16. The monoisotopic (exact) mass is 324 g/mol. The highest BCUT2D eigenvalue weighted by atomic mass is 32.1. The highest BCUT2D eigenvalue weighted by molar-refractivity contribution is 7.20. The molecule has 1 aromatic heterocycles. The number of nitrogens with zero attached hydrogens (tertiary/aromatic N) is 1. The number of hydrogen-bond donors (Lipinski definition) is 1. The molecule has 1 aliphatic rings. The van der Waals surface area contributed by atoms with Crippen LogP contribution >= 0.6 is 11.3 Å². The van der Waals surface area contributed by atoms with Gasteiger partial charge in [0.05, 0.1) is 11.1 Å². The molecule has 1 amide bonds. The number of rotatable bonds is 3. The minimum atomic E-state index is -0.229. The molecule has 0 spiro atoms. The van der Waals surface area contributed by atoms with Gasteiger partial charge in [-0.3, -0.25) is 4.79 Å². The first-order chi connectivity index (χ1) is 11.3. The molecule has 0 atom stereocenters. The van der Waals surface area contributed by atoms with Crippen LogP contribution in [0.5, 0.6) is 11.5 Å². The van der Waals surface area contributed by atoms with Crippen molar-refractivity contribution in [2.24, 2.45) is 5.10 Å². The molecule has 0 radical (unpaired) electrons. The normalized spacial score (nSPS) is 12.9. The smallest absolute Gasteiger partial charge is 0.281 e. The molecule has 1 aliphatic heterocycles. The molecule has 0 aliphatic carbocycles. The third kappa shape index (κ3) is 2.64. The summed E-state index contributed by atoms with van der Waals surface area (Å²) in [7, 11) is 0. The first kappa shape index (κ1) is 13.8. The molecule has 4 rings (SSSR count). The lowest BCUT2D eigenvalue weighted by molar-refractivity contribution is 0.0959. The largest absolute Gasteiger partial charge is 0.454 e. The Balaban J connectivity index is 1.50. The van der Waals surface area contributed by atoms with Crippen molar-refractivity contribution in [2.45, 2.75) is 0 Å². The van der Waals surface area contributed by atoms with Crippen LogP contribution in [0.3, 0.4) is 0 Å². The summed E-state index contributed by atoms with van der Waals surface area (Å²) < 4.78 is 11.8. The molecule has 1 N–H and O–H groups in total. The first-order valence-electron chi connectivity index (χ1n) is 7.02. The van der Waals surface area contributed by atoms with Gasteiger partial charge in [-0.15, -0.1) is 11.3 Å². The van der Waals surface area contributed by atoms with Crippen molar-refractivity contribution in [3.63, 3.8) is 0 Å². The maximum absolute atomic E-state index is 12.2. The molecule has 0 bridgehead atoms. The van der Waals surface area contributed by atoms with E-state index >= 15 is 0 Å². The van der Waals surface area contributed by atoms with Gasteiger partial charge in [-0.1, -0.05) is 24.3 Å². The summed E-state index contributed by atoms with van der Waals surface area (Å²) in [5.74, 6) is 1.10. The molecular formula is C17H12N2O3S. The SMILES string of the molecule is O=C(NN=Cc1cccc2c1OCO2)c1cc2ccccc2s1. The maximum atomic E-state index is 12.2. The summed E-state index contributed by atoms with van der Waals surface area (Å²) in [4.78, 5) is 12.8. The van der Waals surface area contributed by atoms with Gasteiger partial charge in [-0.2, -0.15) is 5.10 Å². The number of thiophene rings is 1. The van der Waals surface area contributed by atoms with E-state index in [1.807, 2.05) is 48.5 Å². The average Bonchev–Trinajstić information content (AvgIpc) is 3.21. The highest BCUT2D eigenvalue weighted by Gasteiger charge is 2.16. The van der Waals surface area contributed by atoms with Crippen LogP contribution in [0.1, 0.15) is 15.2 Å². The Labute approximate surface area is 136 Å². The number of hydrazone groups is 1. The Kier molecular flexibility index (Phi) is 3.44. The fraction of sp³-hybridized carbons (Fsp3) is 0.0588. The van der Waals surface area contributed by atoms with Crippen LogP contribution in [0, 0.1) is 0 Å². The molecule has 0 saturated carbocycles. The summed E-state index contributed by atoms with van der Waals surface area (Å²) in [6.07, 6.45) is 1.55. The topological polar surface area (TPSA) is 59.9 Å². The van der Waals surface area contributed by atoms with Gasteiger partial charge in [0.2, 0.25) is 6.79 Å². The van der Waals surface area contributed by atoms with Crippen LogP contribution in [0.15, 0.2) is 53.6 Å². The molecule has 114 valence electrons. The number of ether oxygens (including phenoxy) is 2. The zero-order valence-electron chi connectivity index (χ0n) is 12.0. The van der Waals surface area contributed by atoms with E-state index in [1.165, 1.54) is 11.3 Å².